The van der Waals surface area contributed by atoms with E-state index in [0.29, 0.717) is 0 Å². The molecule has 3 heterocycles. The third kappa shape index (κ3) is 6.53. The predicted octanol–water partition coefficient (Wildman–Crippen LogP) is 6.05. The van der Waals surface area contributed by atoms with Crippen LogP contribution in [0.3, 0.4) is 0 Å². The highest BCUT2D eigenvalue weighted by Gasteiger charge is 2.43. The van der Waals surface area contributed by atoms with Crippen LogP contribution in [0.1, 0.15) is 63.1 Å². The number of carbonyl (C=O) groups is 3. The molecule has 0 aliphatic heterocycles. The standard InChI is InChI=1S/C23H19Cl3F3N5O4S/c24-14-6-30-7-15(25)19(14)16(35)9-33(10-18-31-8-17(26)39-18)21(36)13-5-32-34(20(13)23(27,28)29)12-3-1-11(2-4-12)22(37)38/h5-8,11-12H,1-4,9-10H2,(H,37,38)/t11-,12-. The summed E-state index contributed by atoms with van der Waals surface area (Å²) in [6.45, 7) is -1.000. The van der Waals surface area contributed by atoms with Crippen molar-refractivity contribution in [2.75, 3.05) is 6.54 Å². The van der Waals surface area contributed by atoms with Crippen molar-refractivity contribution < 1.29 is 32.7 Å². The van der Waals surface area contributed by atoms with E-state index in [1.807, 2.05) is 0 Å². The zero-order valence-corrected chi connectivity index (χ0v) is 22.9. The van der Waals surface area contributed by atoms with Gasteiger partial charge in [0, 0.05) is 12.4 Å². The summed E-state index contributed by atoms with van der Waals surface area (Å²) in [4.78, 5) is 46.7. The van der Waals surface area contributed by atoms with Crippen molar-refractivity contribution in [2.24, 2.45) is 5.92 Å². The summed E-state index contributed by atoms with van der Waals surface area (Å²) < 4.78 is 44.0. The van der Waals surface area contributed by atoms with E-state index in [2.05, 4.69) is 15.1 Å². The summed E-state index contributed by atoms with van der Waals surface area (Å²) in [6, 6.07) is -0.749. The normalized spacial score (nSPS) is 17.7. The number of carbonyl (C=O) groups excluding carboxylic acids is 2. The molecule has 1 amide bonds. The van der Waals surface area contributed by atoms with E-state index in [1.165, 1.54) is 18.6 Å². The van der Waals surface area contributed by atoms with Gasteiger partial charge in [0.15, 0.2) is 11.5 Å². The fourth-order valence-corrected chi connectivity index (χ4v) is 6.02. The molecule has 0 radical (unpaired) electrons. The Morgan fingerprint density at radius 2 is 1.69 bits per heavy atom. The number of rotatable bonds is 8. The Hall–Kier alpha value is -2.74. The molecule has 3 aromatic heterocycles. The average Bonchev–Trinajstić information content (AvgIpc) is 3.49. The van der Waals surface area contributed by atoms with Crippen LogP contribution < -0.4 is 0 Å². The van der Waals surface area contributed by atoms with E-state index in [9.17, 15) is 32.7 Å². The molecule has 1 N–H and O–H groups in total. The van der Waals surface area contributed by atoms with Gasteiger partial charge in [0.05, 0.1) is 58.6 Å². The fourth-order valence-electron chi connectivity index (χ4n) is 4.47. The first kappa shape index (κ1) is 29.2. The summed E-state index contributed by atoms with van der Waals surface area (Å²) in [6.07, 6.45) is 0.170. The molecule has 1 saturated carbocycles. The first-order valence-corrected chi connectivity index (χ1v) is 13.4. The molecular formula is C23H19Cl3F3N5O4S. The van der Waals surface area contributed by atoms with E-state index in [1.54, 1.807) is 0 Å². The fraction of sp³-hybridized carbons (Fsp3) is 0.391. The number of ketones is 1. The molecule has 3 aromatic rings. The van der Waals surface area contributed by atoms with Gasteiger partial charge in [0.1, 0.15) is 9.34 Å². The van der Waals surface area contributed by atoms with Crippen LogP contribution in [0.25, 0.3) is 0 Å². The molecule has 1 aliphatic carbocycles. The zero-order chi connectivity index (χ0) is 28.5. The van der Waals surface area contributed by atoms with Crippen LogP contribution in [0, 0.1) is 5.92 Å². The van der Waals surface area contributed by atoms with Crippen LogP contribution in [0.15, 0.2) is 24.8 Å². The van der Waals surface area contributed by atoms with Crippen LogP contribution in [0.5, 0.6) is 0 Å². The molecule has 1 aliphatic rings. The Morgan fingerprint density at radius 1 is 1.05 bits per heavy atom. The Kier molecular flexibility index (Phi) is 8.84. The van der Waals surface area contributed by atoms with Gasteiger partial charge in [-0.05, 0) is 25.7 Å². The smallest absolute Gasteiger partial charge is 0.433 e. The Balaban J connectivity index is 1.69. The number of Topliss-reactive ketones (excluding diaryl/α,β-unsaturated/α-hetero) is 1. The third-order valence-corrected chi connectivity index (χ3v) is 7.96. The lowest BCUT2D eigenvalue weighted by molar-refractivity contribution is -0.147. The minimum Gasteiger partial charge on any atom is -0.481 e. The number of pyridine rings is 1. The number of carboxylic acid groups (broad SMARTS) is 1. The Labute approximate surface area is 238 Å². The second-order valence-corrected chi connectivity index (χ2v) is 11.4. The SMILES string of the molecule is O=C(CN(Cc1ncc(Cl)s1)C(=O)c1cnn([C@H]2CC[C@H](C(=O)O)CC2)c1C(F)(F)F)c1c(Cl)cncc1Cl. The lowest BCUT2D eigenvalue weighted by atomic mass is 9.86. The minimum absolute atomic E-state index is 0.0852. The van der Waals surface area contributed by atoms with Gasteiger partial charge in [-0.2, -0.15) is 18.3 Å². The second-order valence-electron chi connectivity index (χ2n) is 8.81. The van der Waals surface area contributed by atoms with E-state index in [-0.39, 0.29) is 57.2 Å². The molecule has 4 rings (SSSR count). The number of alkyl halides is 3. The lowest BCUT2D eigenvalue weighted by Gasteiger charge is -2.28. The maximum absolute atomic E-state index is 14.3. The summed E-state index contributed by atoms with van der Waals surface area (Å²) in [7, 11) is 0. The average molecular weight is 625 g/mol. The number of carboxylic acids is 1. The van der Waals surface area contributed by atoms with Gasteiger partial charge in [-0.15, -0.1) is 11.3 Å². The van der Waals surface area contributed by atoms with Gasteiger partial charge in [0.2, 0.25) is 0 Å². The molecule has 0 atom stereocenters. The zero-order valence-electron chi connectivity index (χ0n) is 19.8. The maximum atomic E-state index is 14.3. The molecule has 0 spiro atoms. The van der Waals surface area contributed by atoms with Gasteiger partial charge >= 0.3 is 12.1 Å². The number of halogens is 6. The molecule has 1 fully saturated rings. The van der Waals surface area contributed by atoms with E-state index < -0.39 is 53.6 Å². The number of hydrogen-bond acceptors (Lipinski definition) is 7. The van der Waals surface area contributed by atoms with Crippen LogP contribution in [0.2, 0.25) is 14.4 Å². The largest absolute Gasteiger partial charge is 0.481 e. The molecule has 0 aromatic carbocycles. The van der Waals surface area contributed by atoms with Crippen LogP contribution in [-0.2, 0) is 17.5 Å². The maximum Gasteiger partial charge on any atom is 0.433 e. The van der Waals surface area contributed by atoms with Crippen molar-refractivity contribution in [3.05, 3.63) is 61.0 Å². The number of thiazole rings is 1. The molecule has 0 bridgehead atoms. The lowest BCUT2D eigenvalue weighted by Crippen LogP contribution is -2.37. The quantitative estimate of drug-likeness (QED) is 0.303. The summed E-state index contributed by atoms with van der Waals surface area (Å²) in [5.41, 5.74) is -2.17. The van der Waals surface area contributed by atoms with Crippen LogP contribution >= 0.6 is 46.1 Å². The van der Waals surface area contributed by atoms with Crippen molar-refractivity contribution in [1.82, 2.24) is 24.6 Å². The highest BCUT2D eigenvalue weighted by Crippen LogP contribution is 2.39. The van der Waals surface area contributed by atoms with Crippen molar-refractivity contribution >= 4 is 63.8 Å². The molecule has 16 heteroatoms. The monoisotopic (exact) mass is 623 g/mol. The number of nitrogens with zero attached hydrogens (tertiary/aromatic N) is 5. The van der Waals surface area contributed by atoms with Crippen molar-refractivity contribution in [3.8, 4) is 0 Å². The first-order valence-electron chi connectivity index (χ1n) is 11.5. The molecule has 9 nitrogen and oxygen atoms in total. The highest BCUT2D eigenvalue weighted by molar-refractivity contribution is 7.15. The van der Waals surface area contributed by atoms with E-state index in [0.717, 1.165) is 27.1 Å². The van der Waals surface area contributed by atoms with Gasteiger partial charge < -0.3 is 10.0 Å². The Bertz CT molecular complexity index is 1390. The van der Waals surface area contributed by atoms with Gasteiger partial charge in [-0.25, -0.2) is 4.98 Å². The minimum atomic E-state index is -4.97. The molecule has 0 saturated heterocycles. The number of aromatic nitrogens is 4. The topological polar surface area (TPSA) is 118 Å². The van der Waals surface area contributed by atoms with Crippen molar-refractivity contribution in [2.45, 2.75) is 44.4 Å². The number of hydrogen-bond donors (Lipinski definition) is 1. The molecule has 0 unspecified atom stereocenters. The van der Waals surface area contributed by atoms with Crippen LogP contribution in [0.4, 0.5) is 13.2 Å². The van der Waals surface area contributed by atoms with E-state index >= 15 is 0 Å². The number of aliphatic carboxylic acids is 1. The highest BCUT2D eigenvalue weighted by atomic mass is 35.5. The molecule has 208 valence electrons. The van der Waals surface area contributed by atoms with E-state index in [4.69, 9.17) is 34.8 Å². The van der Waals surface area contributed by atoms with Gasteiger partial charge in [-0.1, -0.05) is 34.8 Å². The van der Waals surface area contributed by atoms with Gasteiger partial charge in [0.25, 0.3) is 5.91 Å². The van der Waals surface area contributed by atoms with Crippen molar-refractivity contribution in [1.29, 1.82) is 0 Å². The Morgan fingerprint density at radius 3 is 2.23 bits per heavy atom. The third-order valence-electron chi connectivity index (χ3n) is 6.29. The summed E-state index contributed by atoms with van der Waals surface area (Å²) in [5.74, 6) is -3.49. The second kappa shape index (κ2) is 11.8. The first-order chi connectivity index (χ1) is 18.4. The predicted molar refractivity (Wildman–Crippen MR) is 136 cm³/mol. The summed E-state index contributed by atoms with van der Waals surface area (Å²) >= 11 is 19.1. The van der Waals surface area contributed by atoms with Crippen molar-refractivity contribution in [3.63, 3.8) is 0 Å². The summed E-state index contributed by atoms with van der Waals surface area (Å²) in [5, 5.41) is 13.2. The number of amides is 1. The van der Waals surface area contributed by atoms with Crippen LogP contribution in [-0.4, -0.2) is 54.0 Å². The molecule has 39 heavy (non-hydrogen) atoms. The molecular weight excluding hydrogens is 606 g/mol. The van der Waals surface area contributed by atoms with Gasteiger partial charge in [-0.3, -0.25) is 24.0 Å².